The third-order valence-corrected chi connectivity index (χ3v) is 7.39. The summed E-state index contributed by atoms with van der Waals surface area (Å²) in [6.45, 7) is 2.34. The summed E-state index contributed by atoms with van der Waals surface area (Å²) in [6, 6.07) is 7.80. The minimum atomic E-state index is 0.383. The van der Waals surface area contributed by atoms with Crippen LogP contribution in [0.5, 0.6) is 5.75 Å². The van der Waals surface area contributed by atoms with Crippen LogP contribution in [0.3, 0.4) is 0 Å². The van der Waals surface area contributed by atoms with Crippen molar-refractivity contribution < 1.29 is 5.11 Å². The van der Waals surface area contributed by atoms with Crippen molar-refractivity contribution in [3.8, 4) is 5.75 Å². The van der Waals surface area contributed by atoms with Crippen LogP contribution in [0, 0.1) is 23.7 Å². The number of hydrogen-bond donors (Lipinski definition) is 1. The molecule has 2 saturated carbocycles. The van der Waals surface area contributed by atoms with Crippen LogP contribution in [0.2, 0.25) is 0 Å². The molecule has 0 bridgehead atoms. The van der Waals surface area contributed by atoms with Crippen molar-refractivity contribution in [2.45, 2.75) is 96.8 Å². The highest BCUT2D eigenvalue weighted by Crippen LogP contribution is 2.38. The van der Waals surface area contributed by atoms with Gasteiger partial charge in [-0.25, -0.2) is 0 Å². The van der Waals surface area contributed by atoms with Gasteiger partial charge in [0.2, 0.25) is 0 Å². The molecule has 1 aromatic rings. The van der Waals surface area contributed by atoms with Gasteiger partial charge in [-0.05, 0) is 54.2 Å². The topological polar surface area (TPSA) is 20.2 Å². The molecule has 0 atom stereocenters. The molecule has 0 aliphatic heterocycles. The van der Waals surface area contributed by atoms with Gasteiger partial charge in [0.05, 0.1) is 0 Å². The summed E-state index contributed by atoms with van der Waals surface area (Å²) in [4.78, 5) is 0. The zero-order valence-electron chi connectivity index (χ0n) is 17.0. The molecule has 2 aliphatic carbocycles. The quantitative estimate of drug-likeness (QED) is 0.510. The highest BCUT2D eigenvalue weighted by molar-refractivity contribution is 5.25. The van der Waals surface area contributed by atoms with Crippen LogP contribution in [0.15, 0.2) is 24.3 Å². The number of rotatable bonds is 8. The van der Waals surface area contributed by atoms with Gasteiger partial charge >= 0.3 is 0 Å². The molecule has 2 aliphatic rings. The minimum Gasteiger partial charge on any atom is -0.508 e. The van der Waals surface area contributed by atoms with Crippen LogP contribution < -0.4 is 0 Å². The molecule has 0 aromatic heterocycles. The van der Waals surface area contributed by atoms with Gasteiger partial charge in [0.25, 0.3) is 0 Å². The van der Waals surface area contributed by atoms with E-state index in [1.54, 1.807) is 0 Å². The van der Waals surface area contributed by atoms with Crippen molar-refractivity contribution >= 4 is 0 Å². The Hall–Kier alpha value is -0.980. The molecule has 0 amide bonds. The van der Waals surface area contributed by atoms with E-state index < -0.39 is 0 Å². The van der Waals surface area contributed by atoms with E-state index in [1.165, 1.54) is 95.5 Å². The Kier molecular flexibility index (Phi) is 7.89. The van der Waals surface area contributed by atoms with Crippen molar-refractivity contribution in [1.29, 1.82) is 0 Å². The second kappa shape index (κ2) is 10.4. The van der Waals surface area contributed by atoms with Crippen molar-refractivity contribution in [1.82, 2.24) is 0 Å². The number of aromatic hydroxyl groups is 1. The molecule has 0 heterocycles. The van der Waals surface area contributed by atoms with Crippen LogP contribution >= 0.6 is 0 Å². The predicted octanol–water partition coefficient (Wildman–Crippen LogP) is 7.52. The summed E-state index contributed by atoms with van der Waals surface area (Å²) in [5.74, 6) is 4.45. The van der Waals surface area contributed by atoms with Gasteiger partial charge in [0.1, 0.15) is 5.75 Å². The third-order valence-electron chi connectivity index (χ3n) is 7.39. The molecule has 26 heavy (non-hydrogen) atoms. The van der Waals surface area contributed by atoms with Crippen LogP contribution in [-0.4, -0.2) is 5.11 Å². The monoisotopic (exact) mass is 356 g/mol. The van der Waals surface area contributed by atoms with Crippen LogP contribution in [0.4, 0.5) is 0 Å². The van der Waals surface area contributed by atoms with Crippen molar-refractivity contribution in [3.63, 3.8) is 0 Å². The van der Waals surface area contributed by atoms with E-state index >= 15 is 0 Å². The lowest BCUT2D eigenvalue weighted by atomic mass is 9.74. The number of phenolic OH excluding ortho intramolecular Hbond substituents is 1. The van der Waals surface area contributed by atoms with Crippen LogP contribution in [0.1, 0.15) is 96.0 Å². The molecule has 1 aromatic carbocycles. The fourth-order valence-electron chi connectivity index (χ4n) is 5.53. The van der Waals surface area contributed by atoms with E-state index in [0.29, 0.717) is 5.75 Å². The molecular weight excluding hydrogens is 316 g/mol. The first kappa shape index (κ1) is 19.8. The molecule has 1 N–H and O–H groups in total. The maximum absolute atomic E-state index is 9.38. The Labute approximate surface area is 161 Å². The first-order valence-corrected chi connectivity index (χ1v) is 11.5. The lowest BCUT2D eigenvalue weighted by Gasteiger charge is -2.32. The van der Waals surface area contributed by atoms with E-state index in [9.17, 15) is 5.11 Å². The van der Waals surface area contributed by atoms with E-state index in [-0.39, 0.29) is 0 Å². The first-order chi connectivity index (χ1) is 12.7. The number of aryl methyl sites for hydroxylation is 1. The second-order valence-corrected chi connectivity index (χ2v) is 9.34. The summed E-state index contributed by atoms with van der Waals surface area (Å²) >= 11 is 0. The van der Waals surface area contributed by atoms with Crippen molar-refractivity contribution in [2.24, 2.45) is 23.7 Å². The average Bonchev–Trinajstić information content (AvgIpc) is 2.68. The van der Waals surface area contributed by atoms with Gasteiger partial charge in [0.15, 0.2) is 0 Å². The third kappa shape index (κ3) is 6.32. The van der Waals surface area contributed by atoms with Crippen LogP contribution in [0.25, 0.3) is 0 Å². The molecule has 0 unspecified atom stereocenters. The van der Waals surface area contributed by atoms with E-state index in [0.717, 1.165) is 23.7 Å². The van der Waals surface area contributed by atoms with Gasteiger partial charge in [-0.1, -0.05) is 96.1 Å². The van der Waals surface area contributed by atoms with Gasteiger partial charge in [0, 0.05) is 0 Å². The zero-order chi connectivity index (χ0) is 18.2. The van der Waals surface area contributed by atoms with Crippen LogP contribution in [-0.2, 0) is 6.42 Å². The Balaban J connectivity index is 1.27. The van der Waals surface area contributed by atoms with Crippen molar-refractivity contribution in [2.75, 3.05) is 0 Å². The second-order valence-electron chi connectivity index (χ2n) is 9.34. The maximum Gasteiger partial charge on any atom is 0.115 e. The number of hydrogen-bond acceptors (Lipinski definition) is 1. The number of phenols is 1. The standard InChI is InChI=1S/C25H40O/c1-2-3-20-4-6-21(7-5-20)8-9-22-10-12-23(13-11-22)14-15-24-16-18-25(26)19-17-24/h16-23,26H,2-15H2,1H3/t20-,21-,22-,23-. The predicted molar refractivity (Wildman–Crippen MR) is 111 cm³/mol. The lowest BCUT2D eigenvalue weighted by Crippen LogP contribution is -2.18. The molecule has 2 fully saturated rings. The summed E-state index contributed by atoms with van der Waals surface area (Å²) in [6.07, 6.45) is 20.3. The van der Waals surface area contributed by atoms with Gasteiger partial charge in [-0.3, -0.25) is 0 Å². The summed E-state index contributed by atoms with van der Waals surface area (Å²) in [5, 5.41) is 9.38. The highest BCUT2D eigenvalue weighted by atomic mass is 16.3. The van der Waals surface area contributed by atoms with E-state index in [4.69, 9.17) is 0 Å². The first-order valence-electron chi connectivity index (χ1n) is 11.5. The summed E-state index contributed by atoms with van der Waals surface area (Å²) in [7, 11) is 0. The minimum absolute atomic E-state index is 0.383. The molecule has 0 spiro atoms. The zero-order valence-corrected chi connectivity index (χ0v) is 17.0. The Bertz CT molecular complexity index is 489. The van der Waals surface area contributed by atoms with Gasteiger partial charge in [-0.15, -0.1) is 0 Å². The molecule has 1 nitrogen and oxygen atoms in total. The summed E-state index contributed by atoms with van der Waals surface area (Å²) < 4.78 is 0. The molecular formula is C25H40O. The van der Waals surface area contributed by atoms with E-state index in [1.807, 2.05) is 12.1 Å². The molecule has 3 rings (SSSR count). The normalized spacial score (nSPS) is 29.6. The summed E-state index contributed by atoms with van der Waals surface area (Å²) in [5.41, 5.74) is 1.38. The van der Waals surface area contributed by atoms with Gasteiger partial charge < -0.3 is 5.11 Å². The fraction of sp³-hybridized carbons (Fsp3) is 0.760. The molecule has 0 radical (unpaired) electrons. The highest BCUT2D eigenvalue weighted by Gasteiger charge is 2.24. The Morgan fingerprint density at radius 2 is 1.08 bits per heavy atom. The Morgan fingerprint density at radius 1 is 0.654 bits per heavy atom. The van der Waals surface area contributed by atoms with E-state index in [2.05, 4.69) is 19.1 Å². The van der Waals surface area contributed by atoms with Gasteiger partial charge in [-0.2, -0.15) is 0 Å². The average molecular weight is 357 g/mol. The molecule has 1 heteroatoms. The Morgan fingerprint density at radius 3 is 1.54 bits per heavy atom. The lowest BCUT2D eigenvalue weighted by molar-refractivity contribution is 0.209. The van der Waals surface area contributed by atoms with Crippen molar-refractivity contribution in [3.05, 3.63) is 29.8 Å². The fourth-order valence-corrected chi connectivity index (χ4v) is 5.53. The molecule has 0 saturated heterocycles. The maximum atomic E-state index is 9.38. The molecule has 146 valence electrons. The smallest absolute Gasteiger partial charge is 0.115 e. The largest absolute Gasteiger partial charge is 0.508 e. The SMILES string of the molecule is CCC[C@H]1CC[C@H](CC[C@H]2CC[C@H](CCc3ccc(O)cc3)CC2)CC1. The number of benzene rings is 1.